The van der Waals surface area contributed by atoms with Gasteiger partial charge in [0, 0.05) is 37.4 Å². The average molecular weight is 555 g/mol. The Morgan fingerprint density at radius 2 is 1.73 bits per heavy atom. The number of fused-ring (bicyclic) bond motifs is 1. The van der Waals surface area contributed by atoms with Crippen LogP contribution in [-0.4, -0.2) is 53.3 Å². The van der Waals surface area contributed by atoms with Crippen molar-refractivity contribution in [1.82, 2.24) is 15.0 Å². The molecule has 0 atom stereocenters. The van der Waals surface area contributed by atoms with Crippen LogP contribution in [0.1, 0.15) is 39.5 Å². The SMILES string of the molecule is CCN(C(=O)c1ccc(CNc2nc(O)nc(N3CCc4cc(OC)c(OC)cc4C3)n2)cc1)c1cccc(C)c1. The van der Waals surface area contributed by atoms with Crippen molar-refractivity contribution in [3.8, 4) is 17.5 Å². The van der Waals surface area contributed by atoms with Crippen molar-refractivity contribution in [3.05, 3.63) is 88.5 Å². The van der Waals surface area contributed by atoms with Crippen molar-refractivity contribution in [3.63, 3.8) is 0 Å². The molecule has 2 heterocycles. The lowest BCUT2D eigenvalue weighted by Gasteiger charge is -2.29. The molecule has 2 N–H and O–H groups in total. The minimum atomic E-state index is -0.354. The van der Waals surface area contributed by atoms with E-state index in [0.717, 1.165) is 28.8 Å². The number of hydrogen-bond acceptors (Lipinski definition) is 9. The van der Waals surface area contributed by atoms with E-state index in [4.69, 9.17) is 9.47 Å². The number of amides is 1. The molecule has 41 heavy (non-hydrogen) atoms. The van der Waals surface area contributed by atoms with Crippen LogP contribution in [0.2, 0.25) is 0 Å². The fraction of sp³-hybridized carbons (Fsp3) is 0.290. The third-order valence-electron chi connectivity index (χ3n) is 7.14. The van der Waals surface area contributed by atoms with Gasteiger partial charge in [0.2, 0.25) is 11.9 Å². The summed E-state index contributed by atoms with van der Waals surface area (Å²) in [5.74, 6) is 1.97. The first-order chi connectivity index (χ1) is 19.9. The molecule has 10 nitrogen and oxygen atoms in total. The molecule has 1 aliphatic heterocycles. The van der Waals surface area contributed by atoms with Crippen molar-refractivity contribution in [2.45, 2.75) is 33.4 Å². The van der Waals surface area contributed by atoms with Crippen LogP contribution in [0, 0.1) is 6.92 Å². The van der Waals surface area contributed by atoms with E-state index in [9.17, 15) is 9.90 Å². The molecule has 0 saturated carbocycles. The van der Waals surface area contributed by atoms with Gasteiger partial charge in [0.15, 0.2) is 11.5 Å². The van der Waals surface area contributed by atoms with E-state index in [1.165, 1.54) is 5.56 Å². The Morgan fingerprint density at radius 3 is 2.41 bits per heavy atom. The highest BCUT2D eigenvalue weighted by molar-refractivity contribution is 6.06. The standard InChI is InChI=1S/C31H34N6O4/c1-5-37(25-8-6-7-20(2)15-25)28(38)22-11-9-21(10-12-22)18-32-29-33-30(35-31(39)34-29)36-14-13-23-16-26(40-3)27(41-4)17-24(23)19-36/h6-12,15-17H,5,13-14,18-19H2,1-4H3,(H2,32,33,34,35,39). The molecule has 4 aromatic rings. The van der Waals surface area contributed by atoms with E-state index in [2.05, 4.69) is 20.3 Å². The van der Waals surface area contributed by atoms with E-state index in [1.807, 2.05) is 79.4 Å². The number of aromatic hydroxyl groups is 1. The molecule has 1 aliphatic rings. The first-order valence-electron chi connectivity index (χ1n) is 13.5. The topological polar surface area (TPSA) is 113 Å². The normalized spacial score (nSPS) is 12.4. The number of carbonyl (C=O) groups excluding carboxylic acids is 1. The summed E-state index contributed by atoms with van der Waals surface area (Å²) in [6.45, 7) is 6.20. The van der Waals surface area contributed by atoms with Gasteiger partial charge in [-0.15, -0.1) is 0 Å². The Kier molecular flexibility index (Phi) is 8.19. The van der Waals surface area contributed by atoms with E-state index >= 15 is 0 Å². The molecule has 0 bridgehead atoms. The van der Waals surface area contributed by atoms with E-state index in [0.29, 0.717) is 49.2 Å². The van der Waals surface area contributed by atoms with Gasteiger partial charge in [-0.05, 0) is 78.9 Å². The quantitative estimate of drug-likeness (QED) is 0.303. The van der Waals surface area contributed by atoms with Crippen LogP contribution in [0.5, 0.6) is 17.5 Å². The molecule has 10 heteroatoms. The molecule has 0 aliphatic carbocycles. The van der Waals surface area contributed by atoms with Gasteiger partial charge in [0.1, 0.15) is 0 Å². The third-order valence-corrected chi connectivity index (χ3v) is 7.14. The third kappa shape index (κ3) is 6.16. The minimum absolute atomic E-state index is 0.0520. The molecule has 0 saturated heterocycles. The number of benzene rings is 3. The fourth-order valence-corrected chi connectivity index (χ4v) is 4.97. The van der Waals surface area contributed by atoms with Crippen molar-refractivity contribution in [2.75, 3.05) is 42.4 Å². The molecule has 0 radical (unpaired) electrons. The number of hydrogen-bond donors (Lipinski definition) is 2. The van der Waals surface area contributed by atoms with Crippen molar-refractivity contribution in [2.24, 2.45) is 0 Å². The largest absolute Gasteiger partial charge is 0.493 e. The van der Waals surface area contributed by atoms with Crippen LogP contribution >= 0.6 is 0 Å². The number of carbonyl (C=O) groups is 1. The highest BCUT2D eigenvalue weighted by Gasteiger charge is 2.23. The van der Waals surface area contributed by atoms with Crippen LogP contribution in [0.4, 0.5) is 17.6 Å². The van der Waals surface area contributed by atoms with E-state index in [-0.39, 0.29) is 17.9 Å². The number of nitrogens with zero attached hydrogens (tertiary/aromatic N) is 5. The Morgan fingerprint density at radius 1 is 1.00 bits per heavy atom. The Labute approximate surface area is 239 Å². The molecule has 212 valence electrons. The number of aromatic nitrogens is 3. The summed E-state index contributed by atoms with van der Waals surface area (Å²) < 4.78 is 10.9. The van der Waals surface area contributed by atoms with Crippen LogP contribution in [-0.2, 0) is 19.5 Å². The highest BCUT2D eigenvalue weighted by atomic mass is 16.5. The second-order valence-electron chi connectivity index (χ2n) is 9.85. The lowest BCUT2D eigenvalue weighted by atomic mass is 9.99. The van der Waals surface area contributed by atoms with E-state index in [1.54, 1.807) is 19.1 Å². The monoisotopic (exact) mass is 554 g/mol. The highest BCUT2D eigenvalue weighted by Crippen LogP contribution is 2.34. The predicted octanol–water partition coefficient (Wildman–Crippen LogP) is 4.74. The van der Waals surface area contributed by atoms with Crippen molar-refractivity contribution < 1.29 is 19.4 Å². The zero-order chi connectivity index (χ0) is 28.9. The lowest BCUT2D eigenvalue weighted by molar-refractivity contribution is 0.0988. The Hall–Kier alpha value is -4.86. The summed E-state index contributed by atoms with van der Waals surface area (Å²) in [7, 11) is 3.24. The number of anilines is 3. The second-order valence-corrected chi connectivity index (χ2v) is 9.85. The van der Waals surface area contributed by atoms with E-state index < -0.39 is 0 Å². The number of nitrogens with one attached hydrogen (secondary N) is 1. The fourth-order valence-electron chi connectivity index (χ4n) is 4.97. The smallest absolute Gasteiger partial charge is 0.320 e. The molecular weight excluding hydrogens is 520 g/mol. The minimum Gasteiger partial charge on any atom is -0.493 e. The van der Waals surface area contributed by atoms with Crippen LogP contribution in [0.3, 0.4) is 0 Å². The Bertz CT molecular complexity index is 1540. The Balaban J connectivity index is 1.25. The summed E-state index contributed by atoms with van der Waals surface area (Å²) in [5, 5.41) is 13.4. The zero-order valence-corrected chi connectivity index (χ0v) is 23.7. The maximum absolute atomic E-state index is 13.2. The maximum Gasteiger partial charge on any atom is 0.320 e. The molecule has 1 aromatic heterocycles. The summed E-state index contributed by atoms with van der Waals surface area (Å²) >= 11 is 0. The molecule has 1 amide bonds. The molecular formula is C31H34N6O4. The summed E-state index contributed by atoms with van der Waals surface area (Å²) in [6, 6.07) is 19.0. The van der Waals surface area contributed by atoms with Crippen molar-refractivity contribution >= 4 is 23.5 Å². The van der Waals surface area contributed by atoms with Crippen LogP contribution < -0.4 is 24.6 Å². The van der Waals surface area contributed by atoms with Gasteiger partial charge in [-0.25, -0.2) is 0 Å². The molecule has 0 spiro atoms. The van der Waals surface area contributed by atoms with Gasteiger partial charge >= 0.3 is 6.01 Å². The zero-order valence-electron chi connectivity index (χ0n) is 23.7. The van der Waals surface area contributed by atoms with Gasteiger partial charge in [0.25, 0.3) is 5.91 Å². The lowest BCUT2D eigenvalue weighted by Crippen LogP contribution is -2.32. The van der Waals surface area contributed by atoms with Gasteiger partial charge in [-0.2, -0.15) is 15.0 Å². The summed E-state index contributed by atoms with van der Waals surface area (Å²) in [5.41, 5.74) is 5.80. The number of ether oxygens (including phenoxy) is 2. The second kappa shape index (κ2) is 12.1. The molecule has 5 rings (SSSR count). The molecule has 0 unspecified atom stereocenters. The summed E-state index contributed by atoms with van der Waals surface area (Å²) in [4.78, 5) is 29.7. The first-order valence-corrected chi connectivity index (χ1v) is 13.5. The molecule has 3 aromatic carbocycles. The number of aryl methyl sites for hydroxylation is 1. The van der Waals surface area contributed by atoms with Crippen molar-refractivity contribution in [1.29, 1.82) is 0 Å². The van der Waals surface area contributed by atoms with Crippen LogP contribution in [0.25, 0.3) is 0 Å². The summed E-state index contributed by atoms with van der Waals surface area (Å²) in [6.07, 6.45) is 0.773. The number of methoxy groups -OCH3 is 2. The van der Waals surface area contributed by atoms with Crippen LogP contribution in [0.15, 0.2) is 60.7 Å². The first kappa shape index (κ1) is 27.7. The van der Waals surface area contributed by atoms with Gasteiger partial charge in [0.05, 0.1) is 14.2 Å². The van der Waals surface area contributed by atoms with Gasteiger partial charge in [-0.3, -0.25) is 4.79 Å². The number of rotatable bonds is 9. The van der Waals surface area contributed by atoms with Gasteiger partial charge < -0.3 is 29.7 Å². The maximum atomic E-state index is 13.2. The van der Waals surface area contributed by atoms with Gasteiger partial charge in [-0.1, -0.05) is 24.3 Å². The molecule has 0 fully saturated rings. The average Bonchev–Trinajstić information content (AvgIpc) is 2.99. The predicted molar refractivity (Wildman–Crippen MR) is 158 cm³/mol.